The van der Waals surface area contributed by atoms with Gasteiger partial charge in [0.15, 0.2) is 0 Å². The zero-order valence-electron chi connectivity index (χ0n) is 10.1. The van der Waals surface area contributed by atoms with Gasteiger partial charge in [-0.05, 0) is 18.9 Å². The summed E-state index contributed by atoms with van der Waals surface area (Å²) in [4.78, 5) is 0. The molecule has 0 heterocycles. The van der Waals surface area contributed by atoms with Crippen LogP contribution in [0.1, 0.15) is 24.8 Å². The Balaban J connectivity index is 2.83. The third-order valence-corrected chi connectivity index (χ3v) is 2.51. The minimum Gasteiger partial charge on any atom is -0.380 e. The molecule has 1 heteroatoms. The molecule has 0 aliphatic heterocycles. The normalized spacial score (nSPS) is 13.5. The van der Waals surface area contributed by atoms with E-state index >= 15 is 0 Å². The topological polar surface area (TPSA) is 9.23 Å². The highest BCUT2D eigenvalue weighted by atomic mass is 16.5. The number of allylic oxidation sites excluding steroid dienone is 2. The van der Waals surface area contributed by atoms with Gasteiger partial charge in [0.25, 0.3) is 0 Å². The van der Waals surface area contributed by atoms with Crippen LogP contribution < -0.4 is 0 Å². The smallest absolute Gasteiger partial charge is 0.0670 e. The van der Waals surface area contributed by atoms with E-state index in [2.05, 4.69) is 43.8 Å². The Bertz CT molecular complexity index is 338. The quantitative estimate of drug-likeness (QED) is 0.654. The highest BCUT2D eigenvalue weighted by Gasteiger charge is 2.06. The maximum absolute atomic E-state index is 5.12. The maximum atomic E-state index is 5.12. The van der Waals surface area contributed by atoms with Crippen LogP contribution >= 0.6 is 0 Å². The van der Waals surface area contributed by atoms with Gasteiger partial charge >= 0.3 is 0 Å². The fourth-order valence-electron chi connectivity index (χ4n) is 1.80. The molecule has 0 spiro atoms. The van der Waals surface area contributed by atoms with Gasteiger partial charge in [0.1, 0.15) is 0 Å². The van der Waals surface area contributed by atoms with Crippen LogP contribution in [0.25, 0.3) is 0 Å². The second kappa shape index (κ2) is 7.02. The largest absolute Gasteiger partial charge is 0.380 e. The Morgan fingerprint density at radius 2 is 2.06 bits per heavy atom. The lowest BCUT2D eigenvalue weighted by atomic mass is 9.94. The first-order valence-electron chi connectivity index (χ1n) is 5.60. The van der Waals surface area contributed by atoms with E-state index < -0.39 is 0 Å². The van der Waals surface area contributed by atoms with Crippen LogP contribution in [-0.2, 0) is 4.74 Å². The van der Waals surface area contributed by atoms with Crippen molar-refractivity contribution in [2.24, 2.45) is 0 Å². The van der Waals surface area contributed by atoms with Crippen molar-refractivity contribution in [2.45, 2.75) is 19.3 Å². The van der Waals surface area contributed by atoms with Crippen molar-refractivity contribution >= 4 is 0 Å². The summed E-state index contributed by atoms with van der Waals surface area (Å²) in [5.74, 6) is 0.411. The van der Waals surface area contributed by atoms with Crippen molar-refractivity contribution in [3.63, 3.8) is 0 Å². The van der Waals surface area contributed by atoms with Crippen molar-refractivity contribution in [1.82, 2.24) is 0 Å². The van der Waals surface area contributed by atoms with Gasteiger partial charge in [-0.3, -0.25) is 0 Å². The number of hydrogen-bond acceptors (Lipinski definition) is 1. The van der Waals surface area contributed by atoms with Gasteiger partial charge in [0, 0.05) is 13.0 Å². The number of benzene rings is 1. The van der Waals surface area contributed by atoms with E-state index in [1.165, 1.54) is 11.1 Å². The van der Waals surface area contributed by atoms with E-state index in [1.54, 1.807) is 7.11 Å². The number of hydrogen-bond donors (Lipinski definition) is 0. The second-order valence-corrected chi connectivity index (χ2v) is 3.99. The molecule has 0 N–H and O–H groups in total. The lowest BCUT2D eigenvalue weighted by molar-refractivity contribution is 0.225. The van der Waals surface area contributed by atoms with Gasteiger partial charge in [-0.25, -0.2) is 0 Å². The summed E-state index contributed by atoms with van der Waals surface area (Å²) in [6.45, 7) is 6.61. The molecule has 0 amide bonds. The van der Waals surface area contributed by atoms with E-state index in [0.29, 0.717) is 12.5 Å². The molecule has 0 aliphatic rings. The Morgan fingerprint density at radius 1 is 1.38 bits per heavy atom. The van der Waals surface area contributed by atoms with Crippen LogP contribution in [0.15, 0.2) is 54.6 Å². The second-order valence-electron chi connectivity index (χ2n) is 3.99. The number of ether oxygens (including phenoxy) is 1. The average molecular weight is 216 g/mol. The first kappa shape index (κ1) is 12.7. The summed E-state index contributed by atoms with van der Waals surface area (Å²) < 4.78 is 5.12. The molecule has 0 bridgehead atoms. The van der Waals surface area contributed by atoms with E-state index in [4.69, 9.17) is 4.74 Å². The van der Waals surface area contributed by atoms with Crippen molar-refractivity contribution in [2.75, 3.05) is 13.7 Å². The molecule has 1 unspecified atom stereocenters. The lowest BCUT2D eigenvalue weighted by Gasteiger charge is -2.12. The van der Waals surface area contributed by atoms with Crippen LogP contribution in [0, 0.1) is 0 Å². The molecule has 0 fully saturated rings. The van der Waals surface area contributed by atoms with Gasteiger partial charge in [0.05, 0.1) is 6.61 Å². The lowest BCUT2D eigenvalue weighted by Crippen LogP contribution is -1.97. The molecule has 1 aromatic rings. The van der Waals surface area contributed by atoms with Crippen LogP contribution in [0.5, 0.6) is 0 Å². The predicted molar refractivity (Wildman–Crippen MR) is 69.6 cm³/mol. The summed E-state index contributed by atoms with van der Waals surface area (Å²) >= 11 is 0. The number of rotatable bonds is 6. The fraction of sp³-hybridized carbons (Fsp3) is 0.333. The zero-order valence-corrected chi connectivity index (χ0v) is 10.1. The van der Waals surface area contributed by atoms with Gasteiger partial charge in [-0.1, -0.05) is 48.1 Å². The van der Waals surface area contributed by atoms with E-state index in [0.717, 1.165) is 6.42 Å². The van der Waals surface area contributed by atoms with Crippen molar-refractivity contribution in [3.05, 3.63) is 60.2 Å². The van der Waals surface area contributed by atoms with Crippen LogP contribution in [0.2, 0.25) is 0 Å². The van der Waals surface area contributed by atoms with Crippen LogP contribution in [0.4, 0.5) is 0 Å². The monoisotopic (exact) mass is 216 g/mol. The van der Waals surface area contributed by atoms with Crippen molar-refractivity contribution in [3.8, 4) is 0 Å². The summed E-state index contributed by atoms with van der Waals surface area (Å²) in [6.07, 6.45) is 5.19. The van der Waals surface area contributed by atoms with Crippen molar-refractivity contribution in [1.29, 1.82) is 0 Å². The predicted octanol–water partition coefficient (Wildman–Crippen LogP) is 3.94. The summed E-state index contributed by atoms with van der Waals surface area (Å²) in [6, 6.07) is 10.5. The van der Waals surface area contributed by atoms with E-state index in [1.807, 2.05) is 12.1 Å². The molecule has 0 saturated heterocycles. The van der Waals surface area contributed by atoms with Crippen LogP contribution in [0.3, 0.4) is 0 Å². The van der Waals surface area contributed by atoms with Crippen molar-refractivity contribution < 1.29 is 4.74 Å². The summed E-state index contributed by atoms with van der Waals surface area (Å²) in [7, 11) is 1.72. The van der Waals surface area contributed by atoms with E-state index in [9.17, 15) is 0 Å². The molecule has 1 rings (SSSR count). The SMILES string of the molecule is C=CCC(/C=C(\C)COC)c1ccccc1. The van der Waals surface area contributed by atoms with Gasteiger partial charge in [0.2, 0.25) is 0 Å². The highest BCUT2D eigenvalue weighted by Crippen LogP contribution is 2.22. The minimum atomic E-state index is 0.411. The third-order valence-electron chi connectivity index (χ3n) is 2.51. The summed E-state index contributed by atoms with van der Waals surface area (Å²) in [5, 5.41) is 0. The van der Waals surface area contributed by atoms with Gasteiger partial charge < -0.3 is 4.74 Å². The van der Waals surface area contributed by atoms with Crippen LogP contribution in [-0.4, -0.2) is 13.7 Å². The highest BCUT2D eigenvalue weighted by molar-refractivity contribution is 5.26. The molecule has 0 aliphatic carbocycles. The minimum absolute atomic E-state index is 0.411. The molecule has 0 saturated carbocycles. The third kappa shape index (κ3) is 4.03. The number of methoxy groups -OCH3 is 1. The van der Waals surface area contributed by atoms with E-state index in [-0.39, 0.29) is 0 Å². The maximum Gasteiger partial charge on any atom is 0.0670 e. The molecule has 1 aromatic carbocycles. The zero-order chi connectivity index (χ0) is 11.8. The van der Waals surface area contributed by atoms with Gasteiger partial charge in [-0.2, -0.15) is 0 Å². The molecule has 1 atom stereocenters. The average Bonchev–Trinajstić information content (AvgIpc) is 2.30. The first-order valence-corrected chi connectivity index (χ1v) is 5.60. The Hall–Kier alpha value is -1.34. The first-order chi connectivity index (χ1) is 7.77. The molecular formula is C15H20O. The summed E-state index contributed by atoms with van der Waals surface area (Å²) in [5.41, 5.74) is 2.59. The molecule has 0 aromatic heterocycles. The molecule has 1 nitrogen and oxygen atoms in total. The molecule has 86 valence electrons. The molecule has 16 heavy (non-hydrogen) atoms. The molecule has 0 radical (unpaired) electrons. The van der Waals surface area contributed by atoms with Gasteiger partial charge in [-0.15, -0.1) is 6.58 Å². The Kier molecular flexibility index (Phi) is 5.58. The fourth-order valence-corrected chi connectivity index (χ4v) is 1.80. The Labute approximate surface area is 98.5 Å². The standard InChI is InChI=1S/C15H20O/c1-4-8-15(11-13(2)12-16-3)14-9-6-5-7-10-14/h4-7,9-11,15H,1,8,12H2,2-3H3/b13-11+. The molecular weight excluding hydrogens is 196 g/mol. The Morgan fingerprint density at radius 3 is 2.62 bits per heavy atom.